The molecule has 2 saturated heterocycles. The van der Waals surface area contributed by atoms with Gasteiger partial charge in [0, 0.05) is 24.6 Å². The molecule has 2 fully saturated rings. The van der Waals surface area contributed by atoms with Gasteiger partial charge in [-0.15, -0.1) is 0 Å². The summed E-state index contributed by atoms with van der Waals surface area (Å²) in [6.45, 7) is 13.2. The standard InChI is InChI=1S/C37H41ClN2O6S/c1-23(2)28-16-25(5)35(33(18-28)45-21-34(41)42)36-31(24(3)4)19-37(22-46-36)12-14-40(15-13-37)47(43,44)30-9-6-26(7-10-30)27-8-11-32(38)29(17-27)20-39/h6-11,16-18,23,31,36H,3,12-15,19,21-22H2,1-2,4-5H3,(H,41,42)/t31-,36+/m1/s1. The Bertz CT molecular complexity index is 1820. The Balaban J connectivity index is 1.32. The van der Waals surface area contributed by atoms with Crippen LogP contribution < -0.4 is 4.74 Å². The van der Waals surface area contributed by atoms with Gasteiger partial charge in [0.15, 0.2) is 6.61 Å². The number of benzene rings is 3. The number of hydrogen-bond donors (Lipinski definition) is 1. The summed E-state index contributed by atoms with van der Waals surface area (Å²) in [4.78, 5) is 11.6. The number of aliphatic carboxylic acids is 1. The van der Waals surface area contributed by atoms with Gasteiger partial charge in [-0.05, 0) is 97.0 Å². The van der Waals surface area contributed by atoms with E-state index in [-0.39, 0.29) is 28.3 Å². The van der Waals surface area contributed by atoms with E-state index in [2.05, 4.69) is 32.6 Å². The molecular formula is C37H41ClN2O6S. The lowest BCUT2D eigenvalue weighted by Gasteiger charge is -2.49. The van der Waals surface area contributed by atoms with E-state index in [1.165, 1.54) is 0 Å². The van der Waals surface area contributed by atoms with Crippen molar-refractivity contribution in [3.63, 3.8) is 0 Å². The third-order valence-electron chi connectivity index (χ3n) is 9.59. The molecule has 0 radical (unpaired) electrons. The van der Waals surface area contributed by atoms with Crippen molar-refractivity contribution < 1.29 is 27.8 Å². The fraction of sp³-hybridized carbons (Fsp3) is 0.405. The molecule has 0 unspecified atom stereocenters. The number of carboxylic acids is 1. The Morgan fingerprint density at radius 3 is 2.40 bits per heavy atom. The zero-order valence-corrected chi connectivity index (χ0v) is 28.8. The largest absolute Gasteiger partial charge is 0.482 e. The zero-order valence-electron chi connectivity index (χ0n) is 27.3. The van der Waals surface area contributed by atoms with Crippen LogP contribution in [0.1, 0.15) is 74.3 Å². The lowest BCUT2D eigenvalue weighted by molar-refractivity contribution is -0.139. The van der Waals surface area contributed by atoms with E-state index in [1.807, 2.05) is 19.9 Å². The summed E-state index contributed by atoms with van der Waals surface area (Å²) in [7, 11) is -3.72. The van der Waals surface area contributed by atoms with E-state index >= 15 is 0 Å². The zero-order chi connectivity index (χ0) is 34.1. The normalized spacial score (nSPS) is 19.8. The Kier molecular flexibility index (Phi) is 10.2. The number of ether oxygens (including phenoxy) is 2. The molecule has 2 atom stereocenters. The Morgan fingerprint density at radius 1 is 1.15 bits per heavy atom. The fourth-order valence-electron chi connectivity index (χ4n) is 6.79. The number of hydrogen-bond acceptors (Lipinski definition) is 6. The molecule has 0 aliphatic carbocycles. The predicted octanol–water partition coefficient (Wildman–Crippen LogP) is 7.90. The first kappa shape index (κ1) is 34.6. The third kappa shape index (κ3) is 7.26. The van der Waals surface area contributed by atoms with Gasteiger partial charge in [-0.2, -0.15) is 9.57 Å². The second-order valence-electron chi connectivity index (χ2n) is 13.2. The van der Waals surface area contributed by atoms with Gasteiger partial charge in [0.1, 0.15) is 11.8 Å². The number of halogens is 1. The maximum absolute atomic E-state index is 13.7. The van der Waals surface area contributed by atoms with Crippen LogP contribution in [0.2, 0.25) is 5.02 Å². The summed E-state index contributed by atoms with van der Waals surface area (Å²) in [5.74, 6) is -0.332. The van der Waals surface area contributed by atoms with Crippen LogP contribution in [0, 0.1) is 29.6 Å². The van der Waals surface area contributed by atoms with Gasteiger partial charge in [0.2, 0.25) is 10.0 Å². The van der Waals surface area contributed by atoms with Crippen molar-refractivity contribution in [1.29, 1.82) is 5.26 Å². The number of piperidine rings is 1. The molecule has 1 N–H and O–H groups in total. The molecule has 47 heavy (non-hydrogen) atoms. The van der Waals surface area contributed by atoms with Gasteiger partial charge in [0.25, 0.3) is 0 Å². The highest BCUT2D eigenvalue weighted by Gasteiger charge is 2.46. The SMILES string of the molecule is C=C(C)[C@H]1CC2(CCN(S(=O)(=O)c3ccc(-c4ccc(Cl)c(C#N)c4)cc3)CC2)CO[C@@H]1c1c(C)cc(C(C)C)cc1OCC(=O)O. The lowest BCUT2D eigenvalue weighted by Crippen LogP contribution is -2.48. The molecule has 2 aliphatic heterocycles. The second-order valence-corrected chi connectivity index (χ2v) is 15.6. The summed E-state index contributed by atoms with van der Waals surface area (Å²) < 4.78 is 41.4. The van der Waals surface area contributed by atoms with Gasteiger partial charge < -0.3 is 14.6 Å². The van der Waals surface area contributed by atoms with Crippen LogP contribution in [0.3, 0.4) is 0 Å². The minimum atomic E-state index is -3.72. The molecule has 3 aromatic carbocycles. The van der Waals surface area contributed by atoms with Crippen molar-refractivity contribution in [3.8, 4) is 22.9 Å². The first-order chi connectivity index (χ1) is 22.2. The molecule has 8 nitrogen and oxygen atoms in total. The van der Waals surface area contributed by atoms with E-state index in [1.54, 1.807) is 46.8 Å². The van der Waals surface area contributed by atoms with Gasteiger partial charge in [0.05, 0.1) is 28.2 Å². The molecule has 5 rings (SSSR count). The van der Waals surface area contributed by atoms with Crippen LogP contribution >= 0.6 is 11.6 Å². The van der Waals surface area contributed by atoms with Crippen molar-refractivity contribution >= 4 is 27.6 Å². The number of carboxylic acid groups (broad SMARTS) is 1. The lowest BCUT2D eigenvalue weighted by atomic mass is 9.67. The van der Waals surface area contributed by atoms with Crippen molar-refractivity contribution in [2.45, 2.75) is 63.9 Å². The van der Waals surface area contributed by atoms with Crippen molar-refractivity contribution in [2.75, 3.05) is 26.3 Å². The van der Waals surface area contributed by atoms with Crippen LogP contribution in [-0.2, 0) is 19.6 Å². The molecule has 2 heterocycles. The average molecular weight is 677 g/mol. The maximum Gasteiger partial charge on any atom is 0.341 e. The summed E-state index contributed by atoms with van der Waals surface area (Å²) >= 11 is 6.07. The number of carbonyl (C=O) groups is 1. The minimum Gasteiger partial charge on any atom is -0.482 e. The fourth-order valence-corrected chi connectivity index (χ4v) is 8.39. The van der Waals surface area contributed by atoms with Gasteiger partial charge in [-0.1, -0.05) is 61.9 Å². The molecule has 10 heteroatoms. The summed E-state index contributed by atoms with van der Waals surface area (Å²) in [5.41, 5.74) is 5.58. The monoisotopic (exact) mass is 676 g/mol. The molecule has 0 aromatic heterocycles. The predicted molar refractivity (Wildman–Crippen MR) is 182 cm³/mol. The molecular weight excluding hydrogens is 636 g/mol. The molecule has 0 bridgehead atoms. The van der Waals surface area contributed by atoms with Crippen LogP contribution in [0.4, 0.5) is 0 Å². The van der Waals surface area contributed by atoms with Crippen molar-refractivity contribution in [2.24, 2.45) is 11.3 Å². The highest BCUT2D eigenvalue weighted by molar-refractivity contribution is 7.89. The van der Waals surface area contributed by atoms with E-state index < -0.39 is 22.6 Å². The van der Waals surface area contributed by atoms with E-state index in [9.17, 15) is 23.6 Å². The van der Waals surface area contributed by atoms with E-state index in [0.717, 1.165) is 39.8 Å². The Hall–Kier alpha value is -3.68. The first-order valence-corrected chi connectivity index (χ1v) is 17.6. The number of nitrogens with zero attached hydrogens (tertiary/aromatic N) is 2. The first-order valence-electron chi connectivity index (χ1n) is 15.8. The Labute approximate surface area is 282 Å². The van der Waals surface area contributed by atoms with Crippen LogP contribution in [-0.4, -0.2) is 50.1 Å². The molecule has 0 saturated carbocycles. The topological polar surface area (TPSA) is 117 Å². The van der Waals surface area contributed by atoms with Crippen molar-refractivity contribution in [3.05, 3.63) is 94.0 Å². The third-order valence-corrected chi connectivity index (χ3v) is 11.8. The van der Waals surface area contributed by atoms with Gasteiger partial charge in [-0.3, -0.25) is 0 Å². The van der Waals surface area contributed by atoms with Gasteiger partial charge in [-0.25, -0.2) is 13.2 Å². The maximum atomic E-state index is 13.7. The summed E-state index contributed by atoms with van der Waals surface area (Å²) in [5, 5.41) is 19.0. The van der Waals surface area contributed by atoms with Crippen LogP contribution in [0.15, 0.2) is 71.6 Å². The highest BCUT2D eigenvalue weighted by atomic mass is 35.5. The number of rotatable bonds is 9. The smallest absolute Gasteiger partial charge is 0.341 e. The average Bonchev–Trinajstić information content (AvgIpc) is 3.04. The molecule has 248 valence electrons. The molecule has 3 aromatic rings. The molecule has 2 aliphatic rings. The summed E-state index contributed by atoms with van der Waals surface area (Å²) in [6, 6.07) is 18.0. The van der Waals surface area contributed by atoms with Crippen LogP contribution in [0.25, 0.3) is 11.1 Å². The summed E-state index contributed by atoms with van der Waals surface area (Å²) in [6.07, 6.45) is 1.73. The Morgan fingerprint density at radius 2 is 1.81 bits per heavy atom. The number of nitriles is 1. The number of sulfonamides is 1. The quantitative estimate of drug-likeness (QED) is 0.229. The minimum absolute atomic E-state index is 0.0513. The van der Waals surface area contributed by atoms with Crippen molar-refractivity contribution in [1.82, 2.24) is 4.31 Å². The van der Waals surface area contributed by atoms with E-state index in [4.69, 9.17) is 21.1 Å². The van der Waals surface area contributed by atoms with Crippen LogP contribution in [0.5, 0.6) is 5.75 Å². The van der Waals surface area contributed by atoms with E-state index in [0.29, 0.717) is 48.9 Å². The molecule has 1 spiro atoms. The molecule has 0 amide bonds. The van der Waals surface area contributed by atoms with Gasteiger partial charge >= 0.3 is 5.97 Å². The highest BCUT2D eigenvalue weighted by Crippen LogP contribution is 2.52. The second kappa shape index (κ2) is 13.8. The number of aryl methyl sites for hydroxylation is 1.